The average molecular weight is 343 g/mol. The Labute approximate surface area is 147 Å². The van der Waals surface area contributed by atoms with Gasteiger partial charge in [0.2, 0.25) is 5.91 Å². The van der Waals surface area contributed by atoms with Crippen LogP contribution in [0.25, 0.3) is 11.0 Å². The quantitative estimate of drug-likeness (QED) is 0.912. The average Bonchev–Trinajstić information content (AvgIpc) is 3.00. The van der Waals surface area contributed by atoms with E-state index in [1.807, 2.05) is 41.6 Å². The summed E-state index contributed by atoms with van der Waals surface area (Å²) in [5.74, 6) is 0.101. The molecule has 1 aliphatic heterocycles. The smallest absolute Gasteiger partial charge is 0.317 e. The van der Waals surface area contributed by atoms with Gasteiger partial charge in [0.1, 0.15) is 0 Å². The second-order valence-electron chi connectivity index (χ2n) is 6.46. The molecule has 1 aromatic carbocycles. The Kier molecular flexibility index (Phi) is 5.21. The highest BCUT2D eigenvalue weighted by Crippen LogP contribution is 2.15. The first kappa shape index (κ1) is 17.3. The lowest BCUT2D eigenvalue weighted by molar-refractivity contribution is -0.131. The molecule has 3 amide bonds. The van der Waals surface area contributed by atoms with E-state index in [9.17, 15) is 9.59 Å². The van der Waals surface area contributed by atoms with E-state index < -0.39 is 0 Å². The van der Waals surface area contributed by atoms with Gasteiger partial charge in [0.15, 0.2) is 0 Å². The minimum absolute atomic E-state index is 0.0328. The van der Waals surface area contributed by atoms with Gasteiger partial charge in [-0.05, 0) is 24.1 Å². The molecule has 2 heterocycles. The Morgan fingerprint density at radius 2 is 1.88 bits per heavy atom. The maximum atomic E-state index is 12.5. The monoisotopic (exact) mass is 343 g/mol. The van der Waals surface area contributed by atoms with E-state index in [4.69, 9.17) is 0 Å². The molecule has 0 aliphatic carbocycles. The highest BCUT2D eigenvalue weighted by molar-refractivity contribution is 5.82. The van der Waals surface area contributed by atoms with Gasteiger partial charge in [-0.25, -0.2) is 9.78 Å². The zero-order valence-electron chi connectivity index (χ0n) is 14.9. The number of urea groups is 1. The Morgan fingerprint density at radius 3 is 2.60 bits per heavy atom. The van der Waals surface area contributed by atoms with Gasteiger partial charge < -0.3 is 19.7 Å². The largest absolute Gasteiger partial charge is 0.339 e. The highest BCUT2D eigenvalue weighted by atomic mass is 16.2. The van der Waals surface area contributed by atoms with Crippen LogP contribution in [0, 0.1) is 0 Å². The third-order valence-electron chi connectivity index (χ3n) is 4.59. The van der Waals surface area contributed by atoms with Crippen molar-refractivity contribution < 1.29 is 9.59 Å². The van der Waals surface area contributed by atoms with E-state index in [1.165, 1.54) is 0 Å². The van der Waals surface area contributed by atoms with Crippen molar-refractivity contribution in [1.82, 2.24) is 24.7 Å². The summed E-state index contributed by atoms with van der Waals surface area (Å²) >= 11 is 0. The summed E-state index contributed by atoms with van der Waals surface area (Å²) in [6.07, 6.45) is 3.07. The minimum Gasteiger partial charge on any atom is -0.339 e. The molecular formula is C18H25N5O2. The van der Waals surface area contributed by atoms with Crippen molar-refractivity contribution in [2.75, 3.05) is 32.7 Å². The number of imidazole rings is 1. The van der Waals surface area contributed by atoms with E-state index in [0.29, 0.717) is 39.1 Å². The summed E-state index contributed by atoms with van der Waals surface area (Å²) in [6, 6.07) is 5.92. The van der Waals surface area contributed by atoms with E-state index in [0.717, 1.165) is 23.0 Å². The van der Waals surface area contributed by atoms with Crippen LogP contribution < -0.4 is 5.32 Å². The van der Waals surface area contributed by atoms with Gasteiger partial charge in [-0.2, -0.15) is 0 Å². The molecule has 3 rings (SSSR count). The van der Waals surface area contributed by atoms with Crippen LogP contribution in [0.4, 0.5) is 4.79 Å². The molecule has 1 N–H and O–H groups in total. The number of rotatable bonds is 4. The molecular weight excluding hydrogens is 318 g/mol. The van der Waals surface area contributed by atoms with Gasteiger partial charge in [-0.1, -0.05) is 13.0 Å². The lowest BCUT2D eigenvalue weighted by Crippen LogP contribution is -2.53. The Bertz CT molecular complexity index is 762. The molecule has 0 bridgehead atoms. The summed E-state index contributed by atoms with van der Waals surface area (Å²) < 4.78 is 1.96. The number of fused-ring (bicyclic) bond motifs is 1. The number of carbonyl (C=O) groups is 2. The number of aryl methyl sites for hydroxylation is 1. The summed E-state index contributed by atoms with van der Waals surface area (Å²) in [7, 11) is 1.95. The first-order chi connectivity index (χ1) is 12.1. The molecule has 1 aliphatic rings. The zero-order valence-corrected chi connectivity index (χ0v) is 14.9. The fourth-order valence-corrected chi connectivity index (χ4v) is 3.08. The normalized spacial score (nSPS) is 14.8. The number of nitrogens with one attached hydrogen (secondary N) is 1. The number of aromatic nitrogens is 2. The summed E-state index contributed by atoms with van der Waals surface area (Å²) in [6.45, 7) is 5.06. The summed E-state index contributed by atoms with van der Waals surface area (Å²) in [4.78, 5) is 32.4. The van der Waals surface area contributed by atoms with Crippen LogP contribution in [-0.4, -0.2) is 64.0 Å². The van der Waals surface area contributed by atoms with Crippen molar-refractivity contribution in [1.29, 1.82) is 0 Å². The molecule has 134 valence electrons. The van der Waals surface area contributed by atoms with Gasteiger partial charge in [-0.3, -0.25) is 4.79 Å². The molecule has 7 heteroatoms. The van der Waals surface area contributed by atoms with Gasteiger partial charge >= 0.3 is 6.03 Å². The van der Waals surface area contributed by atoms with Gasteiger partial charge in [-0.15, -0.1) is 0 Å². The van der Waals surface area contributed by atoms with Crippen LogP contribution in [0.15, 0.2) is 24.5 Å². The SMILES string of the molecule is CCCNC(=O)N1CCN(C(=O)Cc2ccc3c(c2)ncn3C)CC1. The molecule has 0 atom stereocenters. The van der Waals surface area contributed by atoms with Gasteiger partial charge in [0.25, 0.3) is 0 Å². The van der Waals surface area contributed by atoms with Crippen LogP contribution >= 0.6 is 0 Å². The van der Waals surface area contributed by atoms with Crippen molar-refractivity contribution in [2.45, 2.75) is 19.8 Å². The summed E-state index contributed by atoms with van der Waals surface area (Å²) in [5, 5.41) is 2.88. The van der Waals surface area contributed by atoms with E-state index in [1.54, 1.807) is 11.2 Å². The standard InChI is InChI=1S/C18H25N5O2/c1-3-6-19-18(25)23-9-7-22(8-10-23)17(24)12-14-4-5-16-15(11-14)20-13-21(16)2/h4-5,11,13H,3,6-10,12H2,1-2H3,(H,19,25). The molecule has 0 radical (unpaired) electrons. The highest BCUT2D eigenvalue weighted by Gasteiger charge is 2.23. The van der Waals surface area contributed by atoms with Crippen molar-refractivity contribution in [3.8, 4) is 0 Å². The fraction of sp³-hybridized carbons (Fsp3) is 0.500. The number of nitrogens with zero attached hydrogens (tertiary/aromatic N) is 4. The van der Waals surface area contributed by atoms with Crippen LogP contribution in [0.5, 0.6) is 0 Å². The number of carbonyl (C=O) groups excluding carboxylic acids is 2. The van der Waals surface area contributed by atoms with E-state index >= 15 is 0 Å². The Morgan fingerprint density at radius 1 is 1.16 bits per heavy atom. The van der Waals surface area contributed by atoms with Crippen LogP contribution in [-0.2, 0) is 18.3 Å². The first-order valence-electron chi connectivity index (χ1n) is 8.79. The predicted molar refractivity (Wildman–Crippen MR) is 96.3 cm³/mol. The molecule has 0 unspecified atom stereocenters. The Balaban J connectivity index is 1.54. The number of amides is 3. The van der Waals surface area contributed by atoms with Crippen molar-refractivity contribution in [2.24, 2.45) is 7.05 Å². The van der Waals surface area contributed by atoms with Crippen LogP contribution in [0.3, 0.4) is 0 Å². The molecule has 2 aromatic rings. The number of benzene rings is 1. The van der Waals surface area contributed by atoms with E-state index in [-0.39, 0.29) is 11.9 Å². The van der Waals surface area contributed by atoms with Gasteiger partial charge in [0.05, 0.1) is 23.8 Å². The van der Waals surface area contributed by atoms with Crippen LogP contribution in [0.1, 0.15) is 18.9 Å². The van der Waals surface area contributed by atoms with Crippen LogP contribution in [0.2, 0.25) is 0 Å². The van der Waals surface area contributed by atoms with Gasteiger partial charge in [0, 0.05) is 39.8 Å². The lowest BCUT2D eigenvalue weighted by Gasteiger charge is -2.34. The van der Waals surface area contributed by atoms with Crippen molar-refractivity contribution in [3.63, 3.8) is 0 Å². The predicted octanol–water partition coefficient (Wildman–Crippen LogP) is 1.38. The second kappa shape index (κ2) is 7.55. The molecule has 25 heavy (non-hydrogen) atoms. The zero-order chi connectivity index (χ0) is 17.8. The first-order valence-corrected chi connectivity index (χ1v) is 8.79. The molecule has 1 saturated heterocycles. The van der Waals surface area contributed by atoms with Crippen molar-refractivity contribution >= 4 is 23.0 Å². The van der Waals surface area contributed by atoms with E-state index in [2.05, 4.69) is 10.3 Å². The third kappa shape index (κ3) is 3.92. The molecule has 1 aromatic heterocycles. The number of hydrogen-bond donors (Lipinski definition) is 1. The van der Waals surface area contributed by atoms with Crippen molar-refractivity contribution in [3.05, 3.63) is 30.1 Å². The molecule has 0 saturated carbocycles. The number of piperazine rings is 1. The maximum absolute atomic E-state index is 12.5. The summed E-state index contributed by atoms with van der Waals surface area (Å²) in [5.41, 5.74) is 2.94. The molecule has 1 fully saturated rings. The fourth-order valence-electron chi connectivity index (χ4n) is 3.08. The third-order valence-corrected chi connectivity index (χ3v) is 4.59. The second-order valence-corrected chi connectivity index (χ2v) is 6.46. The Hall–Kier alpha value is -2.57. The maximum Gasteiger partial charge on any atom is 0.317 e. The molecule has 7 nitrogen and oxygen atoms in total. The number of hydrogen-bond acceptors (Lipinski definition) is 3. The minimum atomic E-state index is -0.0328. The topological polar surface area (TPSA) is 70.5 Å². The lowest BCUT2D eigenvalue weighted by atomic mass is 10.1. The molecule has 0 spiro atoms.